The van der Waals surface area contributed by atoms with E-state index in [-0.39, 0.29) is 30.2 Å². The van der Waals surface area contributed by atoms with Crippen molar-refractivity contribution in [2.45, 2.75) is 78.9 Å². The summed E-state index contributed by atoms with van der Waals surface area (Å²) in [4.78, 5) is 0. The first-order chi connectivity index (χ1) is 8.16. The van der Waals surface area contributed by atoms with Crippen LogP contribution in [0.3, 0.4) is 0 Å². The lowest BCUT2D eigenvalue weighted by Gasteiger charge is -2.42. The Morgan fingerprint density at radius 1 is 0.778 bits per heavy atom. The normalized spacial score (nSPS) is 13.2. The summed E-state index contributed by atoms with van der Waals surface area (Å²) in [5.74, 6) is 0. The van der Waals surface area contributed by atoms with Crippen LogP contribution in [0.2, 0.25) is 0 Å². The summed E-state index contributed by atoms with van der Waals surface area (Å²) in [6.45, 7) is 12.3. The minimum atomic E-state index is -0.153. The smallest absolute Gasteiger partial charge is 0.190 e. The van der Waals surface area contributed by atoms with Gasteiger partial charge in [0, 0.05) is 6.42 Å². The second-order valence-electron chi connectivity index (χ2n) is 5.34. The van der Waals surface area contributed by atoms with Crippen molar-refractivity contribution in [2.75, 3.05) is 19.6 Å². The van der Waals surface area contributed by atoms with Gasteiger partial charge in [-0.1, -0.05) is 47.0 Å². The predicted octanol–water partition coefficient (Wildman–Crippen LogP) is 0.936. The van der Waals surface area contributed by atoms with E-state index in [4.69, 9.17) is 0 Å². The van der Waals surface area contributed by atoms with E-state index >= 15 is 0 Å². The number of aliphatic hydroxyl groups is 1. The molecular formula is C15H34INO. The van der Waals surface area contributed by atoms with Crippen molar-refractivity contribution in [2.24, 2.45) is 0 Å². The van der Waals surface area contributed by atoms with Crippen molar-refractivity contribution in [3.8, 4) is 0 Å². The molecule has 0 aromatic carbocycles. The Bertz CT molecular complexity index is 154. The highest BCUT2D eigenvalue weighted by Crippen LogP contribution is 2.20. The number of unbranched alkanes of at least 4 members (excludes halogenated alkanes) is 3. The fraction of sp³-hybridized carbons (Fsp3) is 1.00. The Hall–Kier alpha value is 0.650. The van der Waals surface area contributed by atoms with E-state index in [0.717, 1.165) is 30.5 Å². The number of hydrogen-bond acceptors (Lipinski definition) is 1. The highest BCUT2D eigenvalue weighted by molar-refractivity contribution is 4.51. The number of hydrogen-bond donors (Lipinski definition) is 1. The molecule has 1 atom stereocenters. The van der Waals surface area contributed by atoms with Gasteiger partial charge in [0.25, 0.3) is 0 Å². The Balaban J connectivity index is 0. The molecule has 1 unspecified atom stereocenters. The van der Waals surface area contributed by atoms with Crippen LogP contribution in [0.1, 0.15) is 72.6 Å². The molecule has 0 heterocycles. The van der Waals surface area contributed by atoms with Crippen LogP contribution >= 0.6 is 0 Å². The van der Waals surface area contributed by atoms with E-state index in [1.165, 1.54) is 38.5 Å². The zero-order valence-electron chi connectivity index (χ0n) is 12.9. The van der Waals surface area contributed by atoms with E-state index in [2.05, 4.69) is 27.7 Å². The van der Waals surface area contributed by atoms with E-state index in [1.54, 1.807) is 0 Å². The molecule has 112 valence electrons. The second-order valence-corrected chi connectivity index (χ2v) is 5.34. The van der Waals surface area contributed by atoms with E-state index in [0.29, 0.717) is 0 Å². The molecule has 0 bridgehead atoms. The van der Waals surface area contributed by atoms with Gasteiger partial charge in [-0.05, 0) is 19.3 Å². The molecule has 0 rings (SSSR count). The van der Waals surface area contributed by atoms with Gasteiger partial charge in [0.2, 0.25) is 0 Å². The van der Waals surface area contributed by atoms with Crippen molar-refractivity contribution >= 4 is 0 Å². The average molecular weight is 371 g/mol. The molecule has 2 nitrogen and oxygen atoms in total. The fourth-order valence-corrected chi connectivity index (χ4v) is 2.59. The number of aliphatic hydroxyl groups excluding tert-OH is 1. The third-order valence-corrected chi connectivity index (χ3v) is 3.87. The molecular weight excluding hydrogens is 337 g/mol. The molecule has 3 heteroatoms. The minimum absolute atomic E-state index is 0. The first-order valence-electron chi connectivity index (χ1n) is 7.70. The van der Waals surface area contributed by atoms with Crippen molar-refractivity contribution in [3.05, 3.63) is 0 Å². The molecule has 0 radical (unpaired) electrons. The summed E-state index contributed by atoms with van der Waals surface area (Å²) >= 11 is 0. The molecule has 0 spiro atoms. The monoisotopic (exact) mass is 371 g/mol. The molecule has 0 aliphatic rings. The maximum absolute atomic E-state index is 10.4. The van der Waals surface area contributed by atoms with Crippen LogP contribution < -0.4 is 24.0 Å². The first kappa shape index (κ1) is 21.0. The van der Waals surface area contributed by atoms with Crippen LogP contribution in [0.4, 0.5) is 0 Å². The number of nitrogens with zero attached hydrogens (tertiary/aromatic N) is 1. The number of rotatable bonds is 11. The van der Waals surface area contributed by atoms with Crippen LogP contribution in [-0.2, 0) is 0 Å². The standard InChI is InChI=1S/C15H34NO.HI/c1-5-9-12-16(13-10-6-2,14-11-7-3)15(17)8-4;/h15,17H,5-14H2,1-4H3;1H/q+1;/p-1. The second kappa shape index (κ2) is 12.7. The summed E-state index contributed by atoms with van der Waals surface area (Å²) in [5.41, 5.74) is 0. The van der Waals surface area contributed by atoms with Crippen LogP contribution in [0.15, 0.2) is 0 Å². The van der Waals surface area contributed by atoms with Gasteiger partial charge in [0.15, 0.2) is 6.23 Å². The van der Waals surface area contributed by atoms with Gasteiger partial charge in [0.1, 0.15) is 0 Å². The highest BCUT2D eigenvalue weighted by Gasteiger charge is 2.32. The minimum Gasteiger partial charge on any atom is -1.00 e. The Morgan fingerprint density at radius 3 is 1.33 bits per heavy atom. The maximum Gasteiger partial charge on any atom is 0.190 e. The van der Waals surface area contributed by atoms with Gasteiger partial charge in [-0.3, -0.25) is 4.48 Å². The largest absolute Gasteiger partial charge is 1.00 e. The summed E-state index contributed by atoms with van der Waals surface area (Å²) in [5, 5.41) is 10.4. The van der Waals surface area contributed by atoms with Crippen LogP contribution in [0, 0.1) is 0 Å². The summed E-state index contributed by atoms with van der Waals surface area (Å²) < 4.78 is 0.950. The molecule has 0 saturated heterocycles. The number of halogens is 1. The highest BCUT2D eigenvalue weighted by atomic mass is 127. The van der Waals surface area contributed by atoms with E-state index in [9.17, 15) is 5.11 Å². The molecule has 0 aliphatic heterocycles. The van der Waals surface area contributed by atoms with E-state index < -0.39 is 0 Å². The Morgan fingerprint density at radius 2 is 1.11 bits per heavy atom. The van der Waals surface area contributed by atoms with Crippen LogP contribution in [0.5, 0.6) is 0 Å². The lowest BCUT2D eigenvalue weighted by molar-refractivity contribution is -0.972. The van der Waals surface area contributed by atoms with Crippen LogP contribution in [0.25, 0.3) is 0 Å². The van der Waals surface area contributed by atoms with Gasteiger partial charge >= 0.3 is 0 Å². The third-order valence-electron chi connectivity index (χ3n) is 3.87. The third kappa shape index (κ3) is 7.29. The molecule has 0 aromatic rings. The predicted molar refractivity (Wildman–Crippen MR) is 75.9 cm³/mol. The molecule has 0 fully saturated rings. The van der Waals surface area contributed by atoms with Crippen molar-refractivity contribution in [1.82, 2.24) is 0 Å². The molecule has 0 aromatic heterocycles. The van der Waals surface area contributed by atoms with Gasteiger partial charge < -0.3 is 29.1 Å². The molecule has 1 N–H and O–H groups in total. The van der Waals surface area contributed by atoms with E-state index in [1.807, 2.05) is 0 Å². The molecule has 0 saturated carbocycles. The van der Waals surface area contributed by atoms with Crippen molar-refractivity contribution in [3.63, 3.8) is 0 Å². The zero-order chi connectivity index (χ0) is 13.1. The molecule has 0 amide bonds. The molecule has 0 aliphatic carbocycles. The maximum atomic E-state index is 10.4. The topological polar surface area (TPSA) is 20.2 Å². The zero-order valence-corrected chi connectivity index (χ0v) is 15.1. The summed E-state index contributed by atoms with van der Waals surface area (Å²) in [6.07, 6.45) is 8.15. The Kier molecular flexibility index (Phi) is 14.8. The van der Waals surface area contributed by atoms with Gasteiger partial charge in [-0.25, -0.2) is 0 Å². The SMILES string of the molecule is CCCC[N+](CCCC)(CCCC)C(O)CC.[I-]. The van der Waals surface area contributed by atoms with Crippen molar-refractivity contribution in [1.29, 1.82) is 0 Å². The van der Waals surface area contributed by atoms with Crippen LogP contribution in [-0.4, -0.2) is 35.5 Å². The Labute approximate surface area is 132 Å². The van der Waals surface area contributed by atoms with Gasteiger partial charge in [-0.15, -0.1) is 0 Å². The summed E-state index contributed by atoms with van der Waals surface area (Å²) in [7, 11) is 0. The quantitative estimate of drug-likeness (QED) is 0.326. The van der Waals surface area contributed by atoms with Gasteiger partial charge in [-0.2, -0.15) is 0 Å². The lowest BCUT2D eigenvalue weighted by atomic mass is 10.1. The number of quaternary nitrogens is 1. The first-order valence-corrected chi connectivity index (χ1v) is 7.70. The molecule has 18 heavy (non-hydrogen) atoms. The average Bonchev–Trinajstić information content (AvgIpc) is 2.37. The fourth-order valence-electron chi connectivity index (χ4n) is 2.59. The van der Waals surface area contributed by atoms with Gasteiger partial charge in [0.05, 0.1) is 19.6 Å². The van der Waals surface area contributed by atoms with Crippen molar-refractivity contribution < 1.29 is 33.6 Å². The lowest BCUT2D eigenvalue weighted by Crippen LogP contribution is -3.00. The summed E-state index contributed by atoms with van der Waals surface area (Å²) in [6, 6.07) is 0.